The van der Waals surface area contributed by atoms with E-state index in [2.05, 4.69) is 19.9 Å². The van der Waals surface area contributed by atoms with Crippen molar-refractivity contribution in [3.05, 3.63) is 35.5 Å². The Morgan fingerprint density at radius 3 is 2.55 bits per heavy atom. The number of aliphatic carboxylic acids is 2. The first-order valence-corrected chi connectivity index (χ1v) is 11.9. The highest BCUT2D eigenvalue weighted by Gasteiger charge is 2.78. The fourth-order valence-electron chi connectivity index (χ4n) is 7.78. The highest BCUT2D eigenvalue weighted by Crippen LogP contribution is 2.74. The van der Waals surface area contributed by atoms with Crippen LogP contribution >= 0.6 is 0 Å². The molecule has 7 nitrogen and oxygen atoms in total. The van der Waals surface area contributed by atoms with Gasteiger partial charge in [0.05, 0.1) is 12.5 Å². The van der Waals surface area contributed by atoms with Gasteiger partial charge in [-0.3, -0.25) is 9.59 Å². The minimum absolute atomic E-state index is 0.00454. The second-order valence-corrected chi connectivity index (χ2v) is 11.2. The van der Waals surface area contributed by atoms with Crippen LogP contribution in [0, 0.1) is 28.6 Å². The van der Waals surface area contributed by atoms with E-state index in [0.717, 1.165) is 31.3 Å². The smallest absolute Gasteiger partial charge is 0.340 e. The first-order valence-electron chi connectivity index (χ1n) is 11.9. The molecule has 1 spiro atoms. The number of hydrogen-bond acceptors (Lipinski definition) is 5. The normalized spacial score (nSPS) is 44.2. The molecule has 0 aromatic heterocycles. The Labute approximate surface area is 193 Å². The molecule has 7 heteroatoms. The predicted octanol–water partition coefficient (Wildman–Crippen LogP) is 3.28. The first-order chi connectivity index (χ1) is 15.4. The minimum Gasteiger partial charge on any atom is -0.481 e. The molecule has 5 aliphatic rings. The van der Waals surface area contributed by atoms with E-state index < -0.39 is 23.0 Å². The van der Waals surface area contributed by atoms with Crippen LogP contribution in [0.15, 0.2) is 35.5 Å². The number of aliphatic hydroxyl groups is 1. The van der Waals surface area contributed by atoms with Gasteiger partial charge in [-0.1, -0.05) is 31.2 Å². The Kier molecular flexibility index (Phi) is 4.70. The molecule has 1 unspecified atom stereocenters. The molecule has 3 N–H and O–H groups in total. The Morgan fingerprint density at radius 2 is 1.88 bits per heavy atom. The molecular formula is C26H32O7. The molecule has 0 amide bonds. The number of Topliss-reactive ketones (excluding diaryl/α,β-unsaturated/α-hetero) is 1. The van der Waals surface area contributed by atoms with Crippen LogP contribution in [0.5, 0.6) is 0 Å². The third-order valence-electron chi connectivity index (χ3n) is 9.69. The Hall–Kier alpha value is -2.25. The number of rotatable bonds is 6. The molecule has 1 saturated heterocycles. The monoisotopic (exact) mass is 456 g/mol. The summed E-state index contributed by atoms with van der Waals surface area (Å²) in [5.41, 5.74) is -1.62. The lowest BCUT2D eigenvalue weighted by Gasteiger charge is -2.53. The summed E-state index contributed by atoms with van der Waals surface area (Å²) in [7, 11) is 0. The molecule has 4 aliphatic carbocycles. The second kappa shape index (κ2) is 6.89. The topological polar surface area (TPSA) is 124 Å². The number of fused-ring (bicyclic) bond motifs is 3. The van der Waals surface area contributed by atoms with Crippen LogP contribution in [-0.2, 0) is 19.1 Å². The van der Waals surface area contributed by atoms with E-state index >= 15 is 0 Å². The van der Waals surface area contributed by atoms with Gasteiger partial charge in [-0.15, -0.1) is 0 Å². The van der Waals surface area contributed by atoms with E-state index in [4.69, 9.17) is 9.84 Å². The van der Waals surface area contributed by atoms with Crippen LogP contribution in [0.1, 0.15) is 59.3 Å². The van der Waals surface area contributed by atoms with Crippen molar-refractivity contribution in [3.63, 3.8) is 0 Å². The molecule has 0 aromatic carbocycles. The summed E-state index contributed by atoms with van der Waals surface area (Å²) >= 11 is 0. The minimum atomic E-state index is -1.96. The Morgan fingerprint density at radius 1 is 1.15 bits per heavy atom. The summed E-state index contributed by atoms with van der Waals surface area (Å²) in [6, 6.07) is 0. The highest BCUT2D eigenvalue weighted by molar-refractivity contribution is 5.85. The summed E-state index contributed by atoms with van der Waals surface area (Å²) in [4.78, 5) is 35.5. The fourth-order valence-corrected chi connectivity index (χ4v) is 7.78. The number of epoxide rings is 1. The molecule has 5 rings (SSSR count). The maximum absolute atomic E-state index is 13.0. The van der Waals surface area contributed by atoms with Gasteiger partial charge >= 0.3 is 11.9 Å². The van der Waals surface area contributed by atoms with Gasteiger partial charge < -0.3 is 20.1 Å². The molecule has 0 bridgehead atoms. The van der Waals surface area contributed by atoms with E-state index in [1.807, 2.05) is 6.08 Å². The predicted molar refractivity (Wildman–Crippen MR) is 118 cm³/mol. The van der Waals surface area contributed by atoms with Crippen molar-refractivity contribution in [3.8, 4) is 0 Å². The number of carbonyl (C=O) groups is 3. The molecule has 3 fully saturated rings. The molecule has 8 atom stereocenters. The standard InChI is InChI=1S/C26H32O7/c1-23-13-20-26(33-20)17(16(23)6-7-18(23)19(27)8-9-21(28)29)5-4-14-12-15(10-11-24(14,26)2)25(3,32)22(30)31/h4,10-12,16-18,20,32H,5-9,13H2,1-3H3,(H,28,29)(H,30,31)/t16-,17-,18+,20-,23-,24-,25?,26+/m0/s1. The zero-order valence-electron chi connectivity index (χ0n) is 19.3. The highest BCUT2D eigenvalue weighted by atomic mass is 16.6. The molecule has 1 aliphatic heterocycles. The van der Waals surface area contributed by atoms with Crippen molar-refractivity contribution >= 4 is 17.7 Å². The average Bonchev–Trinajstić information content (AvgIpc) is 3.35. The maximum Gasteiger partial charge on any atom is 0.340 e. The summed E-state index contributed by atoms with van der Waals surface area (Å²) in [6.07, 6.45) is 11.0. The quantitative estimate of drug-likeness (QED) is 0.524. The molecule has 1 heterocycles. The number of ketones is 1. The van der Waals surface area contributed by atoms with Crippen molar-refractivity contribution in [2.45, 2.75) is 76.6 Å². The Balaban J connectivity index is 1.46. The molecular weight excluding hydrogens is 424 g/mol. The van der Waals surface area contributed by atoms with E-state index in [9.17, 15) is 24.6 Å². The lowest BCUT2D eigenvalue weighted by Crippen LogP contribution is -2.56. The van der Waals surface area contributed by atoms with Gasteiger partial charge in [-0.25, -0.2) is 4.79 Å². The summed E-state index contributed by atoms with van der Waals surface area (Å²) in [5, 5.41) is 28.9. The fraction of sp³-hybridized carbons (Fsp3) is 0.654. The lowest BCUT2D eigenvalue weighted by molar-refractivity contribution is -0.152. The van der Waals surface area contributed by atoms with Crippen LogP contribution in [-0.4, -0.2) is 50.3 Å². The van der Waals surface area contributed by atoms with Crippen molar-refractivity contribution in [2.75, 3.05) is 0 Å². The first kappa shape index (κ1) is 22.5. The summed E-state index contributed by atoms with van der Waals surface area (Å²) in [6.45, 7) is 5.62. The number of carboxylic acids is 2. The Bertz CT molecular complexity index is 1040. The largest absolute Gasteiger partial charge is 0.481 e. The van der Waals surface area contributed by atoms with Gasteiger partial charge in [0.2, 0.25) is 0 Å². The van der Waals surface area contributed by atoms with E-state index in [1.165, 1.54) is 6.92 Å². The van der Waals surface area contributed by atoms with Gasteiger partial charge in [-0.05, 0) is 67.9 Å². The number of carbonyl (C=O) groups excluding carboxylic acids is 1. The molecule has 0 aromatic rings. The molecule has 178 valence electrons. The third kappa shape index (κ3) is 2.84. The summed E-state index contributed by atoms with van der Waals surface area (Å²) < 4.78 is 6.53. The van der Waals surface area contributed by atoms with E-state index in [-0.39, 0.29) is 47.6 Å². The maximum atomic E-state index is 13.0. The van der Waals surface area contributed by atoms with Crippen LogP contribution in [0.2, 0.25) is 0 Å². The van der Waals surface area contributed by atoms with E-state index in [1.54, 1.807) is 12.2 Å². The van der Waals surface area contributed by atoms with Crippen LogP contribution in [0.3, 0.4) is 0 Å². The van der Waals surface area contributed by atoms with Crippen LogP contribution in [0.4, 0.5) is 0 Å². The van der Waals surface area contributed by atoms with Gasteiger partial charge in [0.25, 0.3) is 0 Å². The average molecular weight is 457 g/mol. The molecule has 0 radical (unpaired) electrons. The lowest BCUT2D eigenvalue weighted by atomic mass is 9.48. The summed E-state index contributed by atoms with van der Waals surface area (Å²) in [5.74, 6) is -1.73. The second-order valence-electron chi connectivity index (χ2n) is 11.2. The van der Waals surface area contributed by atoms with Gasteiger partial charge in [0.1, 0.15) is 11.4 Å². The van der Waals surface area contributed by atoms with Crippen molar-refractivity contribution < 1.29 is 34.4 Å². The van der Waals surface area contributed by atoms with E-state index in [0.29, 0.717) is 11.5 Å². The number of hydrogen-bond donors (Lipinski definition) is 3. The number of allylic oxidation sites excluding steroid dienone is 2. The van der Waals surface area contributed by atoms with Crippen LogP contribution in [0.25, 0.3) is 0 Å². The SMILES string of the molecule is CC(O)(C(=O)O)C1=CC2=CC[C@H]3[C@@H]4CC[C@H](C(=O)CCC(=O)O)[C@@]4(C)C[C@@H]4O[C@@]43[C@@]2(C)C=C1. The zero-order valence-corrected chi connectivity index (χ0v) is 19.3. The van der Waals surface area contributed by atoms with Crippen molar-refractivity contribution in [1.82, 2.24) is 0 Å². The molecule has 2 saturated carbocycles. The third-order valence-corrected chi connectivity index (χ3v) is 9.69. The van der Waals surface area contributed by atoms with Crippen molar-refractivity contribution in [1.29, 1.82) is 0 Å². The number of ether oxygens (including phenoxy) is 1. The van der Waals surface area contributed by atoms with Crippen LogP contribution < -0.4 is 0 Å². The zero-order chi connectivity index (χ0) is 24.0. The van der Waals surface area contributed by atoms with Gasteiger partial charge in [-0.2, -0.15) is 0 Å². The van der Waals surface area contributed by atoms with Gasteiger partial charge in [0, 0.05) is 17.8 Å². The molecule has 33 heavy (non-hydrogen) atoms. The van der Waals surface area contributed by atoms with Gasteiger partial charge in [0.15, 0.2) is 5.60 Å². The number of carboxylic acid groups (broad SMARTS) is 2. The van der Waals surface area contributed by atoms with Crippen molar-refractivity contribution in [2.24, 2.45) is 28.6 Å².